The lowest BCUT2D eigenvalue weighted by molar-refractivity contribution is 0.213. The Morgan fingerprint density at radius 3 is 1.92 bits per heavy atom. The first-order chi connectivity index (χ1) is 17.7. The van der Waals surface area contributed by atoms with Gasteiger partial charge in [0.2, 0.25) is 0 Å². The van der Waals surface area contributed by atoms with Gasteiger partial charge in [-0.2, -0.15) is 20.4 Å². The Morgan fingerprint density at radius 1 is 0.811 bits per heavy atom. The van der Waals surface area contributed by atoms with E-state index in [9.17, 15) is 5.11 Å². The third-order valence-corrected chi connectivity index (χ3v) is 8.31. The average molecular weight is 634 g/mol. The van der Waals surface area contributed by atoms with Gasteiger partial charge in [-0.15, -0.1) is 0 Å². The summed E-state index contributed by atoms with van der Waals surface area (Å²) in [6.45, 7) is 0. The molecule has 2 saturated carbocycles. The fourth-order valence-corrected chi connectivity index (χ4v) is 5.65. The van der Waals surface area contributed by atoms with Crippen molar-refractivity contribution in [2.24, 2.45) is 40.0 Å². The van der Waals surface area contributed by atoms with E-state index < -0.39 is 6.10 Å². The molecule has 2 aliphatic carbocycles. The molecule has 0 bridgehead atoms. The van der Waals surface area contributed by atoms with Gasteiger partial charge in [-0.3, -0.25) is 18.7 Å². The molecule has 0 radical (unpaired) electrons. The molecule has 9 nitrogen and oxygen atoms in total. The summed E-state index contributed by atoms with van der Waals surface area (Å²) < 4.78 is 8.99. The molecule has 1 N–H and O–H groups in total. The van der Waals surface area contributed by atoms with Gasteiger partial charge < -0.3 is 5.11 Å². The van der Waals surface area contributed by atoms with Gasteiger partial charge in [0.1, 0.15) is 15.3 Å². The molecule has 0 saturated heterocycles. The van der Waals surface area contributed by atoms with Gasteiger partial charge >= 0.3 is 0 Å². The van der Waals surface area contributed by atoms with Crippen LogP contribution in [0.4, 0.5) is 0 Å². The van der Waals surface area contributed by atoms with Gasteiger partial charge in [0.25, 0.3) is 0 Å². The van der Waals surface area contributed by atoms with Gasteiger partial charge in [0, 0.05) is 69.5 Å². The summed E-state index contributed by atoms with van der Waals surface area (Å²) in [5.74, 6) is 1.71. The van der Waals surface area contributed by atoms with E-state index in [1.165, 1.54) is 49.1 Å². The second kappa shape index (κ2) is 10.9. The van der Waals surface area contributed by atoms with Gasteiger partial charge in [-0.1, -0.05) is 0 Å². The number of aromatic nitrogens is 8. The van der Waals surface area contributed by atoms with Crippen LogP contribution in [-0.2, 0) is 47.5 Å². The molecule has 0 aliphatic heterocycles. The first-order valence-electron chi connectivity index (χ1n) is 12.8. The topological polar surface area (TPSA) is 91.5 Å². The standard InChI is InChI=1S/C13H17BrN4O.C13H17BrN4/c1-17-7-10(13(14)16-17)12(19)11-6-9(18(2)15-11)5-8-3-4-8;1-17-8-10(13(14)16-17)6-11-7-12(18(2)15-11)5-9-3-4-9/h6-8,12,19H,3-5H2,1-2H3;7-9H,3-6H2,1-2H3. The first-order valence-corrected chi connectivity index (χ1v) is 14.3. The molecule has 37 heavy (non-hydrogen) atoms. The van der Waals surface area contributed by atoms with Crippen molar-refractivity contribution < 1.29 is 5.11 Å². The van der Waals surface area contributed by atoms with Crippen LogP contribution in [-0.4, -0.2) is 44.2 Å². The highest BCUT2D eigenvalue weighted by atomic mass is 79.9. The van der Waals surface area contributed by atoms with Crippen LogP contribution in [0.2, 0.25) is 0 Å². The maximum absolute atomic E-state index is 10.4. The fraction of sp³-hybridized carbons (Fsp3) is 0.538. The Balaban J connectivity index is 0.000000152. The van der Waals surface area contributed by atoms with Crippen molar-refractivity contribution >= 4 is 31.9 Å². The van der Waals surface area contributed by atoms with Crippen molar-refractivity contribution in [3.63, 3.8) is 0 Å². The van der Waals surface area contributed by atoms with E-state index in [0.717, 1.165) is 40.5 Å². The molecule has 2 aliphatic rings. The lowest BCUT2D eigenvalue weighted by atomic mass is 10.1. The van der Waals surface area contributed by atoms with Gasteiger partial charge in [-0.25, -0.2) is 0 Å². The van der Waals surface area contributed by atoms with E-state index in [2.05, 4.69) is 58.3 Å². The fourth-order valence-electron chi connectivity index (χ4n) is 4.59. The third-order valence-electron chi connectivity index (χ3n) is 7.02. The van der Waals surface area contributed by atoms with Crippen molar-refractivity contribution in [2.45, 2.75) is 51.0 Å². The van der Waals surface area contributed by atoms with Crippen molar-refractivity contribution in [1.82, 2.24) is 39.1 Å². The van der Waals surface area contributed by atoms with Gasteiger partial charge in [0.15, 0.2) is 0 Å². The van der Waals surface area contributed by atoms with E-state index >= 15 is 0 Å². The highest BCUT2D eigenvalue weighted by Crippen LogP contribution is 2.34. The summed E-state index contributed by atoms with van der Waals surface area (Å²) in [5, 5.41) is 27.9. The van der Waals surface area contributed by atoms with Crippen LogP contribution in [0.15, 0.2) is 33.7 Å². The number of hydrogen-bond donors (Lipinski definition) is 1. The lowest BCUT2D eigenvalue weighted by Crippen LogP contribution is -2.02. The number of rotatable bonds is 8. The highest BCUT2D eigenvalue weighted by Gasteiger charge is 2.26. The highest BCUT2D eigenvalue weighted by molar-refractivity contribution is 9.10. The van der Waals surface area contributed by atoms with E-state index in [1.807, 2.05) is 60.7 Å². The minimum Gasteiger partial charge on any atom is -0.382 e. The molecule has 2 fully saturated rings. The monoisotopic (exact) mass is 632 g/mol. The van der Waals surface area contributed by atoms with Crippen LogP contribution < -0.4 is 0 Å². The van der Waals surface area contributed by atoms with Crippen LogP contribution in [0, 0.1) is 11.8 Å². The van der Waals surface area contributed by atoms with E-state index in [1.54, 1.807) is 4.68 Å². The predicted molar refractivity (Wildman–Crippen MR) is 148 cm³/mol. The van der Waals surface area contributed by atoms with Crippen LogP contribution in [0.3, 0.4) is 0 Å². The molecule has 4 heterocycles. The number of nitrogens with zero attached hydrogens (tertiary/aromatic N) is 8. The molecule has 1 atom stereocenters. The summed E-state index contributed by atoms with van der Waals surface area (Å²) in [6, 6.07) is 4.24. The summed E-state index contributed by atoms with van der Waals surface area (Å²) in [7, 11) is 7.74. The molecule has 11 heteroatoms. The van der Waals surface area contributed by atoms with Crippen molar-refractivity contribution in [3.8, 4) is 0 Å². The van der Waals surface area contributed by atoms with Gasteiger partial charge in [0.05, 0.1) is 11.4 Å². The summed E-state index contributed by atoms with van der Waals surface area (Å²) in [6.07, 6.45) is 11.6. The summed E-state index contributed by atoms with van der Waals surface area (Å²) in [4.78, 5) is 0. The zero-order valence-electron chi connectivity index (χ0n) is 21.8. The first kappa shape index (κ1) is 26.4. The quantitative estimate of drug-likeness (QED) is 0.310. The second-order valence-electron chi connectivity index (χ2n) is 10.5. The van der Waals surface area contributed by atoms with E-state index in [-0.39, 0.29) is 0 Å². The van der Waals surface area contributed by atoms with E-state index in [0.29, 0.717) is 10.3 Å². The summed E-state index contributed by atoms with van der Waals surface area (Å²) >= 11 is 6.85. The predicted octanol–water partition coefficient (Wildman–Crippen LogP) is 4.41. The number of aliphatic hydroxyl groups excluding tert-OH is 1. The summed E-state index contributed by atoms with van der Waals surface area (Å²) in [5.41, 5.74) is 6.30. The largest absolute Gasteiger partial charge is 0.382 e. The second-order valence-corrected chi connectivity index (χ2v) is 12.0. The molecular weight excluding hydrogens is 600 g/mol. The Hall–Kier alpha value is -2.24. The zero-order valence-corrected chi connectivity index (χ0v) is 24.9. The Labute approximate surface area is 234 Å². The minimum absolute atomic E-state index is 0.664. The van der Waals surface area contributed by atoms with Crippen molar-refractivity contribution in [2.75, 3.05) is 0 Å². The number of halogens is 2. The van der Waals surface area contributed by atoms with E-state index in [4.69, 9.17) is 0 Å². The molecule has 4 aromatic rings. The molecule has 198 valence electrons. The van der Waals surface area contributed by atoms with Crippen LogP contribution in [0.1, 0.15) is 65.7 Å². The Morgan fingerprint density at radius 2 is 1.38 bits per heavy atom. The Bertz CT molecular complexity index is 1380. The maximum Gasteiger partial charge on any atom is 0.134 e. The Kier molecular flexibility index (Phi) is 7.74. The average Bonchev–Trinajstić information content (AvgIpc) is 3.70. The van der Waals surface area contributed by atoms with Crippen molar-refractivity contribution in [3.05, 3.63) is 67.6 Å². The SMILES string of the molecule is Cn1cc(C(O)c2cc(CC3CC3)n(C)n2)c(Br)n1.Cn1cc(Cc2cc(CC3CC3)n(C)n2)c(Br)n1. The number of aliphatic hydroxyl groups is 1. The molecule has 0 aromatic carbocycles. The molecule has 4 aromatic heterocycles. The van der Waals surface area contributed by atoms with Crippen LogP contribution in [0.5, 0.6) is 0 Å². The minimum atomic E-state index is -0.734. The smallest absolute Gasteiger partial charge is 0.134 e. The molecular formula is C26H34Br2N8O. The van der Waals surface area contributed by atoms with Crippen LogP contribution in [0.25, 0.3) is 0 Å². The number of hydrogen-bond acceptors (Lipinski definition) is 5. The normalized spacial score (nSPS) is 16.1. The third kappa shape index (κ3) is 6.61. The lowest BCUT2D eigenvalue weighted by Gasteiger charge is -2.04. The van der Waals surface area contributed by atoms with Crippen molar-refractivity contribution in [1.29, 1.82) is 0 Å². The molecule has 1 unspecified atom stereocenters. The zero-order chi connectivity index (χ0) is 26.3. The molecule has 0 amide bonds. The van der Waals surface area contributed by atoms with Gasteiger partial charge in [-0.05, 0) is 94.4 Å². The van der Waals surface area contributed by atoms with Crippen LogP contribution >= 0.6 is 31.9 Å². The maximum atomic E-state index is 10.4. The number of aryl methyl sites for hydroxylation is 4. The molecule has 6 rings (SSSR count). The molecule has 0 spiro atoms.